The van der Waals surface area contributed by atoms with Crippen molar-refractivity contribution in [1.29, 1.82) is 0 Å². The zero-order valence-corrected chi connectivity index (χ0v) is 13.7. The molecule has 5 heteroatoms. The Balaban J connectivity index is 1.73. The Labute approximate surface area is 142 Å². The molecule has 126 valence electrons. The number of benzene rings is 2. The van der Waals surface area contributed by atoms with Gasteiger partial charge in [-0.15, -0.1) is 0 Å². The van der Waals surface area contributed by atoms with Crippen molar-refractivity contribution in [2.45, 2.75) is 6.54 Å². The first-order valence-electron chi connectivity index (χ1n) is 7.68. The fourth-order valence-corrected chi connectivity index (χ4v) is 2.01. The lowest BCUT2D eigenvalue weighted by Gasteiger charge is -2.09. The molecular formula is C19H22N2O3. The number of anilines is 1. The third kappa shape index (κ3) is 5.68. The Morgan fingerprint density at radius 2 is 1.75 bits per heavy atom. The van der Waals surface area contributed by atoms with Gasteiger partial charge >= 0.3 is 0 Å². The average molecular weight is 326 g/mol. The van der Waals surface area contributed by atoms with E-state index in [1.54, 1.807) is 13.2 Å². The predicted molar refractivity (Wildman–Crippen MR) is 95.5 cm³/mol. The minimum atomic E-state index is -0.0715. The molecule has 1 amide bonds. The third-order valence-corrected chi connectivity index (χ3v) is 3.32. The van der Waals surface area contributed by atoms with E-state index >= 15 is 0 Å². The molecule has 2 aromatic rings. The van der Waals surface area contributed by atoms with Crippen LogP contribution >= 0.6 is 0 Å². The van der Waals surface area contributed by atoms with Crippen LogP contribution in [0, 0.1) is 0 Å². The number of carbonyl (C=O) groups is 1. The maximum absolute atomic E-state index is 11.9. The van der Waals surface area contributed by atoms with Crippen molar-refractivity contribution in [2.24, 2.45) is 0 Å². The second kappa shape index (κ2) is 9.25. The molecule has 0 radical (unpaired) electrons. The molecule has 0 aromatic heterocycles. The van der Waals surface area contributed by atoms with Crippen molar-refractivity contribution in [3.63, 3.8) is 0 Å². The summed E-state index contributed by atoms with van der Waals surface area (Å²) in [5, 5.41) is 5.94. The van der Waals surface area contributed by atoms with Crippen molar-refractivity contribution in [2.75, 3.05) is 25.6 Å². The van der Waals surface area contributed by atoms with Gasteiger partial charge in [-0.25, -0.2) is 0 Å². The van der Waals surface area contributed by atoms with Crippen LogP contribution in [-0.4, -0.2) is 26.2 Å². The van der Waals surface area contributed by atoms with Gasteiger partial charge in [0, 0.05) is 12.2 Å². The summed E-state index contributed by atoms with van der Waals surface area (Å²) in [5.74, 6) is 1.49. The zero-order valence-electron chi connectivity index (χ0n) is 13.7. The van der Waals surface area contributed by atoms with Crippen molar-refractivity contribution in [3.05, 3.63) is 66.7 Å². The highest BCUT2D eigenvalue weighted by Crippen LogP contribution is 2.15. The molecule has 2 N–H and O–H groups in total. The summed E-state index contributed by atoms with van der Waals surface area (Å²) in [5.41, 5.74) is 1.88. The van der Waals surface area contributed by atoms with E-state index in [0.717, 1.165) is 22.7 Å². The highest BCUT2D eigenvalue weighted by molar-refractivity contribution is 5.80. The molecule has 0 aliphatic rings. The van der Waals surface area contributed by atoms with Gasteiger partial charge in [0.2, 0.25) is 5.91 Å². The Bertz CT molecular complexity index is 651. The molecule has 2 aromatic carbocycles. The van der Waals surface area contributed by atoms with Gasteiger partial charge in [0.25, 0.3) is 0 Å². The maximum Gasteiger partial charge on any atom is 0.239 e. The third-order valence-electron chi connectivity index (χ3n) is 3.32. The number of amides is 1. The first-order chi connectivity index (χ1) is 11.7. The van der Waals surface area contributed by atoms with Crippen molar-refractivity contribution in [3.8, 4) is 11.5 Å². The van der Waals surface area contributed by atoms with Gasteiger partial charge in [-0.1, -0.05) is 24.8 Å². The first kappa shape index (κ1) is 17.4. The lowest BCUT2D eigenvalue weighted by Crippen LogP contribution is -2.29. The number of carbonyl (C=O) groups excluding carboxylic acids is 1. The van der Waals surface area contributed by atoms with Gasteiger partial charge in [0.05, 0.1) is 13.7 Å². The Hall–Kier alpha value is -2.95. The number of hydrogen-bond donors (Lipinski definition) is 2. The highest BCUT2D eigenvalue weighted by atomic mass is 16.5. The molecule has 5 nitrogen and oxygen atoms in total. The zero-order chi connectivity index (χ0) is 17.2. The molecule has 0 bridgehead atoms. The average Bonchev–Trinajstić information content (AvgIpc) is 2.64. The molecule has 0 saturated heterocycles. The van der Waals surface area contributed by atoms with Crippen LogP contribution in [0.15, 0.2) is 61.2 Å². The molecule has 0 heterocycles. The Kier molecular flexibility index (Phi) is 6.71. The molecule has 0 spiro atoms. The van der Waals surface area contributed by atoms with E-state index in [9.17, 15) is 4.79 Å². The number of rotatable bonds is 9. The minimum absolute atomic E-state index is 0.0715. The second-order valence-electron chi connectivity index (χ2n) is 5.10. The van der Waals surface area contributed by atoms with Crippen molar-refractivity contribution >= 4 is 11.6 Å². The number of nitrogens with one attached hydrogen (secondary N) is 2. The van der Waals surface area contributed by atoms with Crippen LogP contribution in [0.25, 0.3) is 0 Å². The van der Waals surface area contributed by atoms with Gasteiger partial charge in [0.1, 0.15) is 18.1 Å². The smallest absolute Gasteiger partial charge is 0.239 e. The largest absolute Gasteiger partial charge is 0.497 e. The van der Waals surface area contributed by atoms with E-state index in [-0.39, 0.29) is 12.5 Å². The summed E-state index contributed by atoms with van der Waals surface area (Å²) in [6, 6.07) is 15.0. The van der Waals surface area contributed by atoms with Crippen LogP contribution in [0.1, 0.15) is 5.56 Å². The molecule has 0 unspecified atom stereocenters. The van der Waals surface area contributed by atoms with Crippen LogP contribution < -0.4 is 20.1 Å². The molecule has 24 heavy (non-hydrogen) atoms. The SMILES string of the molecule is C=CCOc1ccc(NCC(=O)NCc2ccc(OC)cc2)cc1. The molecule has 0 saturated carbocycles. The molecule has 0 aliphatic heterocycles. The second-order valence-corrected chi connectivity index (χ2v) is 5.10. The Morgan fingerprint density at radius 1 is 1.08 bits per heavy atom. The van der Waals surface area contributed by atoms with Gasteiger partial charge in [-0.05, 0) is 42.0 Å². The number of hydrogen-bond acceptors (Lipinski definition) is 4. The normalized spacial score (nSPS) is 9.88. The van der Waals surface area contributed by atoms with Crippen LogP contribution in [0.2, 0.25) is 0 Å². The Morgan fingerprint density at radius 3 is 2.38 bits per heavy atom. The number of methoxy groups -OCH3 is 1. The van der Waals surface area contributed by atoms with E-state index in [0.29, 0.717) is 13.2 Å². The standard InChI is InChI=1S/C19H22N2O3/c1-3-12-24-18-10-6-16(7-11-18)20-14-19(22)21-13-15-4-8-17(23-2)9-5-15/h3-11,20H,1,12-14H2,2H3,(H,21,22). The number of ether oxygens (including phenoxy) is 2. The fraction of sp³-hybridized carbons (Fsp3) is 0.211. The van der Waals surface area contributed by atoms with Gasteiger partial charge in [-0.3, -0.25) is 4.79 Å². The maximum atomic E-state index is 11.9. The lowest BCUT2D eigenvalue weighted by molar-refractivity contribution is -0.119. The van der Waals surface area contributed by atoms with Crippen LogP contribution in [0.5, 0.6) is 11.5 Å². The minimum Gasteiger partial charge on any atom is -0.497 e. The van der Waals surface area contributed by atoms with Crippen LogP contribution in [0.3, 0.4) is 0 Å². The molecule has 0 aliphatic carbocycles. The summed E-state index contributed by atoms with van der Waals surface area (Å²) in [7, 11) is 1.63. The molecular weight excluding hydrogens is 304 g/mol. The predicted octanol–water partition coefficient (Wildman–Crippen LogP) is 2.99. The van der Waals surface area contributed by atoms with Crippen molar-refractivity contribution in [1.82, 2.24) is 5.32 Å². The molecule has 0 atom stereocenters. The first-order valence-corrected chi connectivity index (χ1v) is 7.68. The lowest BCUT2D eigenvalue weighted by atomic mass is 10.2. The topological polar surface area (TPSA) is 59.6 Å². The summed E-state index contributed by atoms with van der Waals surface area (Å²) in [6.07, 6.45) is 1.69. The molecule has 0 fully saturated rings. The monoisotopic (exact) mass is 326 g/mol. The molecule has 2 rings (SSSR count). The summed E-state index contributed by atoms with van der Waals surface area (Å²) in [4.78, 5) is 11.9. The quantitative estimate of drug-likeness (QED) is 0.696. The van der Waals surface area contributed by atoms with E-state index in [1.165, 1.54) is 0 Å². The van der Waals surface area contributed by atoms with Crippen molar-refractivity contribution < 1.29 is 14.3 Å². The van der Waals surface area contributed by atoms with E-state index < -0.39 is 0 Å². The highest BCUT2D eigenvalue weighted by Gasteiger charge is 2.02. The van der Waals surface area contributed by atoms with Crippen LogP contribution in [-0.2, 0) is 11.3 Å². The van der Waals surface area contributed by atoms with Gasteiger partial charge in [0.15, 0.2) is 0 Å². The van der Waals surface area contributed by atoms with Gasteiger partial charge < -0.3 is 20.1 Å². The van der Waals surface area contributed by atoms with Crippen LogP contribution in [0.4, 0.5) is 5.69 Å². The summed E-state index contributed by atoms with van der Waals surface area (Å²) < 4.78 is 10.5. The van der Waals surface area contributed by atoms with E-state index in [2.05, 4.69) is 17.2 Å². The van der Waals surface area contributed by atoms with Gasteiger partial charge in [-0.2, -0.15) is 0 Å². The summed E-state index contributed by atoms with van der Waals surface area (Å²) >= 11 is 0. The fourth-order valence-electron chi connectivity index (χ4n) is 2.01. The van der Waals surface area contributed by atoms with E-state index in [1.807, 2.05) is 48.5 Å². The summed E-state index contributed by atoms with van der Waals surface area (Å²) in [6.45, 7) is 4.77. The van der Waals surface area contributed by atoms with E-state index in [4.69, 9.17) is 9.47 Å².